The van der Waals surface area contributed by atoms with E-state index in [1.54, 1.807) is 23.5 Å². The molecule has 0 amide bonds. The first-order valence-corrected chi connectivity index (χ1v) is 13.1. The number of nitrogens with two attached hydrogens (primary N) is 1. The highest BCUT2D eigenvalue weighted by molar-refractivity contribution is 7.17. The summed E-state index contributed by atoms with van der Waals surface area (Å²) >= 11 is 2.91. The summed E-state index contributed by atoms with van der Waals surface area (Å²) in [7, 11) is 1.92. The van der Waals surface area contributed by atoms with Crippen molar-refractivity contribution >= 4 is 38.6 Å². The molecule has 3 aromatic heterocycles. The van der Waals surface area contributed by atoms with Gasteiger partial charge in [-0.15, -0.1) is 0 Å². The molecule has 0 saturated carbocycles. The zero-order chi connectivity index (χ0) is 24.3. The van der Waals surface area contributed by atoms with Crippen LogP contribution < -0.4 is 10.6 Å². The van der Waals surface area contributed by atoms with E-state index in [2.05, 4.69) is 24.0 Å². The van der Waals surface area contributed by atoms with Crippen LogP contribution in [0.5, 0.6) is 0 Å². The lowest BCUT2D eigenvalue weighted by Gasteiger charge is -2.19. The fourth-order valence-electron chi connectivity index (χ4n) is 4.94. The topological polar surface area (TPSA) is 99.4 Å². The van der Waals surface area contributed by atoms with Gasteiger partial charge in [-0.25, -0.2) is 14.4 Å². The number of allylic oxidation sites excluding steroid dienone is 1. The third-order valence-electron chi connectivity index (χ3n) is 6.63. The number of halogens is 1. The molecule has 4 aromatic rings. The summed E-state index contributed by atoms with van der Waals surface area (Å²) in [5, 5.41) is 16.4. The third-order valence-corrected chi connectivity index (χ3v) is 8.69. The molecular formula is C24H23FN8S2. The molecule has 1 fully saturated rings. The van der Waals surface area contributed by atoms with E-state index in [9.17, 15) is 9.65 Å². The van der Waals surface area contributed by atoms with Gasteiger partial charge in [-0.05, 0) is 43.5 Å². The van der Waals surface area contributed by atoms with Crippen LogP contribution >= 0.6 is 22.7 Å². The summed E-state index contributed by atoms with van der Waals surface area (Å²) < 4.78 is 15.3. The van der Waals surface area contributed by atoms with E-state index in [-0.39, 0.29) is 17.9 Å². The standard InChI is InChI=1S/C24H23FN8S2/c1-3-16-22(31(2)23-29-20(18(12-26)34-23)13-6-8-14(25)9-7-13)33-24(28-16)35-21(30-33)15-11-19(27)32-10-4-5-17(15)32/h5-9,15,19H,3-4,10-11,27H2,1-2H3. The largest absolute Gasteiger partial charge is 0.359 e. The molecule has 5 heterocycles. The van der Waals surface area contributed by atoms with E-state index < -0.39 is 0 Å². The molecule has 2 N–H and O–H groups in total. The molecule has 0 bridgehead atoms. The molecule has 2 aliphatic rings. The van der Waals surface area contributed by atoms with Crippen molar-refractivity contribution < 1.29 is 4.39 Å². The lowest BCUT2D eigenvalue weighted by molar-refractivity contribution is 0.323. The molecule has 2 aliphatic heterocycles. The van der Waals surface area contributed by atoms with Crippen molar-refractivity contribution in [2.24, 2.45) is 5.73 Å². The Kier molecular flexibility index (Phi) is 5.32. The fourth-order valence-corrected chi connectivity index (χ4v) is 6.83. The van der Waals surface area contributed by atoms with Gasteiger partial charge >= 0.3 is 0 Å². The van der Waals surface area contributed by atoms with Crippen molar-refractivity contribution in [2.45, 2.75) is 38.3 Å². The average molecular weight is 507 g/mol. The molecular weight excluding hydrogens is 483 g/mol. The maximum absolute atomic E-state index is 13.4. The van der Waals surface area contributed by atoms with Crippen LogP contribution in [0.25, 0.3) is 16.2 Å². The third kappa shape index (κ3) is 3.52. The van der Waals surface area contributed by atoms with Crippen LogP contribution in [0, 0.1) is 17.1 Å². The Labute approximate surface area is 209 Å². The van der Waals surface area contributed by atoms with Crippen LogP contribution in [0.1, 0.15) is 41.3 Å². The van der Waals surface area contributed by atoms with Gasteiger partial charge in [0, 0.05) is 24.9 Å². The zero-order valence-corrected chi connectivity index (χ0v) is 20.9. The summed E-state index contributed by atoms with van der Waals surface area (Å²) in [6.07, 6.45) is 4.93. The Morgan fingerprint density at radius 3 is 2.80 bits per heavy atom. The number of rotatable bonds is 5. The molecule has 1 saturated heterocycles. The number of imidazole rings is 1. The molecule has 11 heteroatoms. The summed E-state index contributed by atoms with van der Waals surface area (Å²) in [6.45, 7) is 3.04. The van der Waals surface area contributed by atoms with Crippen LogP contribution in [0.2, 0.25) is 0 Å². The predicted molar refractivity (Wildman–Crippen MR) is 135 cm³/mol. The first-order valence-electron chi connectivity index (χ1n) is 11.5. The van der Waals surface area contributed by atoms with Crippen molar-refractivity contribution in [3.63, 3.8) is 0 Å². The Morgan fingerprint density at radius 1 is 1.26 bits per heavy atom. The maximum Gasteiger partial charge on any atom is 0.214 e. The monoisotopic (exact) mass is 506 g/mol. The molecule has 8 nitrogen and oxygen atoms in total. The number of hydrogen-bond acceptors (Lipinski definition) is 9. The predicted octanol–water partition coefficient (Wildman–Crippen LogP) is 4.62. The van der Waals surface area contributed by atoms with Gasteiger partial charge < -0.3 is 15.5 Å². The smallest absolute Gasteiger partial charge is 0.214 e. The number of nitrogens with zero attached hydrogens (tertiary/aromatic N) is 7. The van der Waals surface area contributed by atoms with Crippen LogP contribution in [-0.4, -0.2) is 44.2 Å². The van der Waals surface area contributed by atoms with Gasteiger partial charge in [-0.2, -0.15) is 14.9 Å². The molecule has 35 heavy (non-hydrogen) atoms. The second-order valence-corrected chi connectivity index (χ2v) is 10.7. The van der Waals surface area contributed by atoms with Gasteiger partial charge in [0.25, 0.3) is 0 Å². The Bertz CT molecular complexity index is 1490. The summed E-state index contributed by atoms with van der Waals surface area (Å²) in [6, 6.07) is 8.28. The fraction of sp³-hybridized carbons (Fsp3) is 0.333. The van der Waals surface area contributed by atoms with Gasteiger partial charge in [0.15, 0.2) is 10.9 Å². The van der Waals surface area contributed by atoms with Crippen molar-refractivity contribution in [3.05, 3.63) is 57.4 Å². The highest BCUT2D eigenvalue weighted by Gasteiger charge is 2.39. The van der Waals surface area contributed by atoms with Crippen molar-refractivity contribution in [2.75, 3.05) is 18.5 Å². The van der Waals surface area contributed by atoms with Crippen LogP contribution in [0.3, 0.4) is 0 Å². The quantitative estimate of drug-likeness (QED) is 0.422. The van der Waals surface area contributed by atoms with E-state index in [1.807, 2.05) is 16.5 Å². The van der Waals surface area contributed by atoms with Gasteiger partial charge in [0.05, 0.1) is 17.8 Å². The first-order chi connectivity index (χ1) is 17.0. The van der Waals surface area contributed by atoms with Gasteiger partial charge in [-0.3, -0.25) is 0 Å². The Hall–Kier alpha value is -3.33. The van der Waals surface area contributed by atoms with Crippen molar-refractivity contribution in [1.29, 1.82) is 5.26 Å². The van der Waals surface area contributed by atoms with Crippen LogP contribution in [-0.2, 0) is 6.42 Å². The van der Waals surface area contributed by atoms with Gasteiger partial charge in [0.2, 0.25) is 4.96 Å². The molecule has 178 valence electrons. The zero-order valence-electron chi connectivity index (χ0n) is 19.3. The highest BCUT2D eigenvalue weighted by atomic mass is 32.1. The van der Waals surface area contributed by atoms with E-state index in [0.717, 1.165) is 47.3 Å². The van der Waals surface area contributed by atoms with E-state index in [0.29, 0.717) is 21.3 Å². The lowest BCUT2D eigenvalue weighted by atomic mass is 10.1. The molecule has 1 aromatic carbocycles. The molecule has 2 atom stereocenters. The highest BCUT2D eigenvalue weighted by Crippen LogP contribution is 2.44. The number of thiazole rings is 1. The minimum Gasteiger partial charge on any atom is -0.359 e. The number of aromatic nitrogens is 4. The average Bonchev–Trinajstić information content (AvgIpc) is 3.65. The normalized spacial score (nSPS) is 19.3. The van der Waals surface area contributed by atoms with E-state index >= 15 is 0 Å². The second-order valence-electron chi connectivity index (χ2n) is 8.69. The summed E-state index contributed by atoms with van der Waals surface area (Å²) in [4.78, 5) is 15.2. The lowest BCUT2D eigenvalue weighted by Crippen LogP contribution is -2.33. The Balaban J connectivity index is 1.40. The molecule has 6 rings (SSSR count). The minimum atomic E-state index is -0.326. The molecule has 0 aliphatic carbocycles. The van der Waals surface area contributed by atoms with Crippen LogP contribution in [0.15, 0.2) is 36.0 Å². The maximum atomic E-state index is 13.4. The Morgan fingerprint density at radius 2 is 2.06 bits per heavy atom. The van der Waals surface area contributed by atoms with E-state index in [4.69, 9.17) is 20.8 Å². The first kappa shape index (κ1) is 22.2. The van der Waals surface area contributed by atoms with Crippen LogP contribution in [0.4, 0.5) is 15.3 Å². The molecule has 2 unspecified atom stereocenters. The number of benzene rings is 1. The van der Waals surface area contributed by atoms with E-state index in [1.165, 1.54) is 29.2 Å². The summed E-state index contributed by atoms with van der Waals surface area (Å²) in [5.41, 5.74) is 9.83. The number of fused-ring (bicyclic) bond motifs is 2. The number of anilines is 2. The molecule has 0 radical (unpaired) electrons. The second kappa shape index (κ2) is 8.41. The minimum absolute atomic E-state index is 0.0305. The van der Waals surface area contributed by atoms with Gasteiger partial charge in [-0.1, -0.05) is 35.7 Å². The number of hydrogen-bond donors (Lipinski definition) is 1. The van der Waals surface area contributed by atoms with Crippen molar-refractivity contribution in [1.82, 2.24) is 24.5 Å². The SMILES string of the molecule is CCc1nc2sc(C3CC(N)N4CCC=C34)nn2c1N(C)c1nc(-c2ccc(F)cc2)c(C#N)s1. The number of aryl methyl sites for hydroxylation is 1. The summed E-state index contributed by atoms with van der Waals surface area (Å²) in [5.74, 6) is 0.708. The number of nitriles is 1. The molecule has 0 spiro atoms. The van der Waals surface area contributed by atoms with Crippen molar-refractivity contribution in [3.8, 4) is 17.3 Å². The van der Waals surface area contributed by atoms with Gasteiger partial charge in [0.1, 0.15) is 27.5 Å².